The molecule has 0 saturated carbocycles. The maximum atomic E-state index is 10.7. The lowest BCUT2D eigenvalue weighted by atomic mass is 10.3. The zero-order valence-electron chi connectivity index (χ0n) is 8.71. The van der Waals surface area contributed by atoms with Crippen molar-refractivity contribution in [1.82, 2.24) is 4.98 Å². The van der Waals surface area contributed by atoms with Gasteiger partial charge in [0.05, 0.1) is 15.5 Å². The molecule has 0 aliphatic rings. The molecule has 1 N–H and O–H groups in total. The summed E-state index contributed by atoms with van der Waals surface area (Å²) >= 11 is 3.03. The largest absolute Gasteiger partial charge is 0.480 e. The number of para-hydroxylation sites is 1. The molecule has 1 aromatic heterocycles. The Morgan fingerprint density at radius 3 is 3.00 bits per heavy atom. The van der Waals surface area contributed by atoms with E-state index in [4.69, 9.17) is 5.11 Å². The average molecular weight is 253 g/mol. The van der Waals surface area contributed by atoms with Crippen LogP contribution in [0.4, 0.5) is 0 Å². The van der Waals surface area contributed by atoms with Crippen molar-refractivity contribution in [3.8, 4) is 0 Å². The Bertz CT molecular complexity index is 476. The van der Waals surface area contributed by atoms with Gasteiger partial charge in [-0.25, -0.2) is 4.98 Å². The topological polar surface area (TPSA) is 50.2 Å². The van der Waals surface area contributed by atoms with Gasteiger partial charge in [-0.1, -0.05) is 12.1 Å². The van der Waals surface area contributed by atoms with Gasteiger partial charge >= 0.3 is 5.97 Å². The number of carbonyl (C=O) groups is 1. The number of nitrogens with zero attached hydrogens (tertiary/aromatic N) is 1. The SMILES string of the molecule is CC(SCc1nc2ccccc2s1)C(=O)O. The van der Waals surface area contributed by atoms with E-state index in [9.17, 15) is 4.79 Å². The maximum Gasteiger partial charge on any atom is 0.316 e. The van der Waals surface area contributed by atoms with E-state index in [1.807, 2.05) is 24.3 Å². The molecule has 1 unspecified atom stereocenters. The summed E-state index contributed by atoms with van der Waals surface area (Å²) in [6.45, 7) is 1.69. The van der Waals surface area contributed by atoms with Gasteiger partial charge in [-0.05, 0) is 19.1 Å². The van der Waals surface area contributed by atoms with E-state index in [2.05, 4.69) is 4.98 Å². The van der Waals surface area contributed by atoms with Crippen LogP contribution in [-0.2, 0) is 10.5 Å². The lowest BCUT2D eigenvalue weighted by Gasteiger charge is -2.02. The van der Waals surface area contributed by atoms with Crippen molar-refractivity contribution in [3.63, 3.8) is 0 Å². The molecule has 16 heavy (non-hydrogen) atoms. The molecule has 0 bridgehead atoms. The number of carboxylic acid groups (broad SMARTS) is 1. The summed E-state index contributed by atoms with van der Waals surface area (Å²) in [5, 5.41) is 9.37. The second-order valence-electron chi connectivity index (χ2n) is 3.37. The molecule has 1 aromatic carbocycles. The first-order valence-electron chi connectivity index (χ1n) is 4.85. The number of hydrogen-bond donors (Lipinski definition) is 1. The van der Waals surface area contributed by atoms with Gasteiger partial charge in [0.15, 0.2) is 0 Å². The van der Waals surface area contributed by atoms with Crippen LogP contribution in [0.3, 0.4) is 0 Å². The lowest BCUT2D eigenvalue weighted by molar-refractivity contribution is -0.136. The monoisotopic (exact) mass is 253 g/mol. The molecule has 0 aliphatic heterocycles. The summed E-state index contributed by atoms with van der Waals surface area (Å²) in [6.07, 6.45) is 0. The number of aromatic nitrogens is 1. The summed E-state index contributed by atoms with van der Waals surface area (Å²) in [4.78, 5) is 15.1. The van der Waals surface area contributed by atoms with E-state index < -0.39 is 5.97 Å². The van der Waals surface area contributed by atoms with Gasteiger partial charge in [0.25, 0.3) is 0 Å². The van der Waals surface area contributed by atoms with E-state index in [1.54, 1.807) is 18.3 Å². The van der Waals surface area contributed by atoms with Gasteiger partial charge in [0, 0.05) is 5.75 Å². The van der Waals surface area contributed by atoms with Gasteiger partial charge in [-0.15, -0.1) is 23.1 Å². The fourth-order valence-electron chi connectivity index (χ4n) is 1.25. The minimum atomic E-state index is -0.772. The van der Waals surface area contributed by atoms with Gasteiger partial charge < -0.3 is 5.11 Å². The predicted molar refractivity (Wildman–Crippen MR) is 68.0 cm³/mol. The van der Waals surface area contributed by atoms with Crippen LogP contribution in [0.1, 0.15) is 11.9 Å². The average Bonchev–Trinajstić information content (AvgIpc) is 2.68. The molecule has 0 aliphatic carbocycles. The molecule has 0 spiro atoms. The zero-order chi connectivity index (χ0) is 11.5. The fraction of sp³-hybridized carbons (Fsp3) is 0.273. The van der Waals surface area contributed by atoms with Crippen LogP contribution >= 0.6 is 23.1 Å². The Labute approximate surface area is 102 Å². The first-order chi connectivity index (χ1) is 7.66. The maximum absolute atomic E-state index is 10.7. The predicted octanol–water partition coefficient (Wildman–Crippen LogP) is 3.00. The van der Waals surface area contributed by atoms with Crippen molar-refractivity contribution >= 4 is 39.3 Å². The normalized spacial score (nSPS) is 12.8. The second-order valence-corrected chi connectivity index (χ2v) is 5.81. The quantitative estimate of drug-likeness (QED) is 0.910. The Morgan fingerprint density at radius 2 is 2.31 bits per heavy atom. The molecule has 0 radical (unpaired) electrons. The summed E-state index contributed by atoms with van der Waals surface area (Å²) in [7, 11) is 0. The third-order valence-corrected chi connectivity index (χ3v) is 4.50. The molecule has 0 amide bonds. The first-order valence-corrected chi connectivity index (χ1v) is 6.72. The second kappa shape index (κ2) is 4.84. The molecule has 0 fully saturated rings. The molecule has 0 saturated heterocycles. The molecule has 5 heteroatoms. The lowest BCUT2D eigenvalue weighted by Crippen LogP contribution is -2.11. The van der Waals surface area contributed by atoms with Crippen LogP contribution in [0.2, 0.25) is 0 Å². The molecule has 1 atom stereocenters. The molecular weight excluding hydrogens is 242 g/mol. The Kier molecular flexibility index (Phi) is 3.46. The third kappa shape index (κ3) is 2.54. The highest BCUT2D eigenvalue weighted by Crippen LogP contribution is 2.26. The molecule has 2 rings (SSSR count). The Hall–Kier alpha value is -1.07. The first kappa shape index (κ1) is 11.4. The van der Waals surface area contributed by atoms with E-state index in [-0.39, 0.29) is 5.25 Å². The van der Waals surface area contributed by atoms with E-state index in [1.165, 1.54) is 11.8 Å². The number of carboxylic acids is 1. The van der Waals surface area contributed by atoms with Gasteiger partial charge in [0.2, 0.25) is 0 Å². The molecular formula is C11H11NO2S2. The van der Waals surface area contributed by atoms with Crippen LogP contribution in [-0.4, -0.2) is 21.3 Å². The standard InChI is InChI=1S/C11H11NO2S2/c1-7(11(13)14)15-6-10-12-8-4-2-3-5-9(8)16-10/h2-5,7H,6H2,1H3,(H,13,14). The molecule has 84 valence electrons. The number of aliphatic carboxylic acids is 1. The Morgan fingerprint density at radius 1 is 1.56 bits per heavy atom. The molecule has 2 aromatic rings. The summed E-state index contributed by atoms with van der Waals surface area (Å²) < 4.78 is 1.15. The minimum Gasteiger partial charge on any atom is -0.480 e. The van der Waals surface area contributed by atoms with Gasteiger partial charge in [0.1, 0.15) is 5.01 Å². The number of rotatable bonds is 4. The van der Waals surface area contributed by atoms with Crippen LogP contribution in [0, 0.1) is 0 Å². The van der Waals surface area contributed by atoms with Crippen molar-refractivity contribution in [1.29, 1.82) is 0 Å². The number of thiazole rings is 1. The van der Waals surface area contributed by atoms with Crippen LogP contribution in [0.15, 0.2) is 24.3 Å². The summed E-state index contributed by atoms with van der Waals surface area (Å²) in [5.41, 5.74) is 0.992. The van der Waals surface area contributed by atoms with Crippen molar-refractivity contribution in [3.05, 3.63) is 29.3 Å². The number of fused-ring (bicyclic) bond motifs is 1. The van der Waals surface area contributed by atoms with Crippen LogP contribution in [0.25, 0.3) is 10.2 Å². The number of benzene rings is 1. The van der Waals surface area contributed by atoms with Crippen molar-refractivity contribution in [2.75, 3.05) is 0 Å². The smallest absolute Gasteiger partial charge is 0.316 e. The summed E-state index contributed by atoms with van der Waals surface area (Å²) in [5.74, 6) is -0.113. The van der Waals surface area contributed by atoms with E-state index >= 15 is 0 Å². The zero-order valence-corrected chi connectivity index (χ0v) is 10.3. The highest BCUT2D eigenvalue weighted by atomic mass is 32.2. The van der Waals surface area contributed by atoms with Crippen molar-refractivity contribution in [2.24, 2.45) is 0 Å². The van der Waals surface area contributed by atoms with Crippen molar-refractivity contribution in [2.45, 2.75) is 17.9 Å². The molecule has 1 heterocycles. The highest BCUT2D eigenvalue weighted by Gasteiger charge is 2.12. The van der Waals surface area contributed by atoms with Gasteiger partial charge in [-0.3, -0.25) is 4.79 Å². The van der Waals surface area contributed by atoms with Crippen LogP contribution < -0.4 is 0 Å². The Balaban J connectivity index is 2.07. The third-order valence-electron chi connectivity index (χ3n) is 2.14. The number of hydrogen-bond acceptors (Lipinski definition) is 4. The minimum absolute atomic E-state index is 0.382. The van der Waals surface area contributed by atoms with Crippen molar-refractivity contribution < 1.29 is 9.90 Å². The van der Waals surface area contributed by atoms with Gasteiger partial charge in [-0.2, -0.15) is 0 Å². The summed E-state index contributed by atoms with van der Waals surface area (Å²) in [6, 6.07) is 7.94. The van der Waals surface area contributed by atoms with E-state index in [0.29, 0.717) is 5.75 Å². The highest BCUT2D eigenvalue weighted by molar-refractivity contribution is 7.99. The fourth-order valence-corrected chi connectivity index (χ4v) is 3.05. The molecule has 3 nitrogen and oxygen atoms in total. The number of thioether (sulfide) groups is 1. The van der Waals surface area contributed by atoms with E-state index in [0.717, 1.165) is 15.2 Å². The van der Waals surface area contributed by atoms with Crippen LogP contribution in [0.5, 0.6) is 0 Å².